The molecule has 1 aliphatic heterocycles. The number of aromatic nitrogens is 4. The molecule has 0 aliphatic carbocycles. The number of rotatable bonds is 3. The van der Waals surface area contributed by atoms with E-state index in [0.29, 0.717) is 0 Å². The molecule has 0 aromatic carbocycles. The van der Waals surface area contributed by atoms with Gasteiger partial charge in [0.05, 0.1) is 17.0 Å². The van der Waals surface area contributed by atoms with E-state index in [1.54, 1.807) is 21.3 Å². The van der Waals surface area contributed by atoms with E-state index in [2.05, 4.69) is 10.1 Å². The van der Waals surface area contributed by atoms with E-state index in [9.17, 15) is 4.79 Å². The number of amides is 1. The Morgan fingerprint density at radius 2 is 2.17 bits per heavy atom. The number of fused-ring (bicyclic) bond motifs is 1. The van der Waals surface area contributed by atoms with Crippen LogP contribution >= 0.6 is 11.8 Å². The number of carbonyl (C=O) groups excluding carboxylic acids is 1. The van der Waals surface area contributed by atoms with Gasteiger partial charge >= 0.3 is 0 Å². The van der Waals surface area contributed by atoms with Crippen molar-refractivity contribution in [2.45, 2.75) is 23.2 Å². The van der Waals surface area contributed by atoms with Gasteiger partial charge in [0.2, 0.25) is 5.91 Å². The summed E-state index contributed by atoms with van der Waals surface area (Å²) in [5, 5.41) is 5.11. The third-order valence-corrected chi connectivity index (χ3v) is 5.25. The lowest BCUT2D eigenvalue weighted by molar-refractivity contribution is -0.119. The summed E-state index contributed by atoms with van der Waals surface area (Å²) in [6, 6.07) is 7.86. The Morgan fingerprint density at radius 1 is 1.26 bits per heavy atom. The van der Waals surface area contributed by atoms with Gasteiger partial charge < -0.3 is 0 Å². The van der Waals surface area contributed by atoms with Crippen molar-refractivity contribution in [1.29, 1.82) is 0 Å². The van der Waals surface area contributed by atoms with Crippen molar-refractivity contribution in [3.05, 3.63) is 42.9 Å². The van der Waals surface area contributed by atoms with Gasteiger partial charge in [-0.1, -0.05) is 17.8 Å². The second-order valence-corrected chi connectivity index (χ2v) is 6.79. The van der Waals surface area contributed by atoms with Gasteiger partial charge in [0.15, 0.2) is 11.0 Å². The number of hydrogen-bond donors (Lipinski definition) is 0. The Labute approximate surface area is 138 Å². The maximum Gasteiger partial charge on any atom is 0.241 e. The van der Waals surface area contributed by atoms with Gasteiger partial charge in [0.25, 0.3) is 0 Å². The van der Waals surface area contributed by atoms with Gasteiger partial charge in [-0.25, -0.2) is 4.98 Å². The van der Waals surface area contributed by atoms with Crippen molar-refractivity contribution in [2.75, 3.05) is 11.4 Å². The molecule has 3 aromatic rings. The second-order valence-electron chi connectivity index (χ2n) is 5.62. The fourth-order valence-corrected chi connectivity index (χ4v) is 4.02. The number of piperidine rings is 1. The molecule has 6 nitrogen and oxygen atoms in total. The first-order chi connectivity index (χ1) is 11.2. The first kappa shape index (κ1) is 14.3. The van der Waals surface area contributed by atoms with Crippen LogP contribution in [0.2, 0.25) is 0 Å². The summed E-state index contributed by atoms with van der Waals surface area (Å²) in [5.41, 5.74) is 1.04. The molecule has 1 fully saturated rings. The molecule has 0 bridgehead atoms. The molecule has 0 radical (unpaired) electrons. The third kappa shape index (κ3) is 2.61. The summed E-state index contributed by atoms with van der Waals surface area (Å²) in [4.78, 5) is 19.1. The van der Waals surface area contributed by atoms with Crippen molar-refractivity contribution in [3.8, 4) is 0 Å². The Kier molecular flexibility index (Phi) is 3.57. The van der Waals surface area contributed by atoms with Crippen LogP contribution in [-0.2, 0) is 11.8 Å². The minimum absolute atomic E-state index is 0.114. The van der Waals surface area contributed by atoms with Crippen LogP contribution < -0.4 is 4.90 Å². The SMILES string of the molecule is Cn1ccc(N2CCC[C@H](Sc3ncc4ccccn34)C2=O)n1. The molecule has 7 heteroatoms. The van der Waals surface area contributed by atoms with E-state index in [1.165, 1.54) is 0 Å². The molecular formula is C16H17N5OS. The molecule has 0 saturated carbocycles. The van der Waals surface area contributed by atoms with E-state index in [0.717, 1.165) is 35.9 Å². The molecule has 0 unspecified atom stereocenters. The maximum absolute atomic E-state index is 12.8. The predicted octanol–water partition coefficient (Wildman–Crippen LogP) is 2.36. The van der Waals surface area contributed by atoms with Crippen LogP contribution in [0.25, 0.3) is 5.52 Å². The largest absolute Gasteiger partial charge is 0.295 e. The normalized spacial score (nSPS) is 18.7. The summed E-state index contributed by atoms with van der Waals surface area (Å²) in [6.45, 7) is 0.731. The van der Waals surface area contributed by atoms with E-state index >= 15 is 0 Å². The van der Waals surface area contributed by atoms with Crippen LogP contribution in [0.4, 0.5) is 5.82 Å². The molecule has 4 rings (SSSR count). The molecule has 1 aliphatic rings. The topological polar surface area (TPSA) is 55.4 Å². The zero-order chi connectivity index (χ0) is 15.8. The number of nitrogens with zero attached hydrogens (tertiary/aromatic N) is 5. The molecule has 1 saturated heterocycles. The number of anilines is 1. The molecule has 0 N–H and O–H groups in total. The van der Waals surface area contributed by atoms with Crippen molar-refractivity contribution < 1.29 is 4.79 Å². The summed E-state index contributed by atoms with van der Waals surface area (Å²) in [6.07, 6.45) is 7.53. The predicted molar refractivity (Wildman–Crippen MR) is 89.6 cm³/mol. The van der Waals surface area contributed by atoms with Crippen LogP contribution in [0.3, 0.4) is 0 Å². The molecule has 1 amide bonds. The molecule has 3 aromatic heterocycles. The highest BCUT2D eigenvalue weighted by Gasteiger charge is 2.32. The van der Waals surface area contributed by atoms with Gasteiger partial charge in [-0.2, -0.15) is 5.10 Å². The zero-order valence-corrected chi connectivity index (χ0v) is 13.6. The molecule has 4 heterocycles. The Bertz CT molecular complexity index is 855. The minimum atomic E-state index is -0.114. The highest BCUT2D eigenvalue weighted by atomic mass is 32.2. The molecule has 0 spiro atoms. The van der Waals surface area contributed by atoms with Gasteiger partial charge in [-0.3, -0.25) is 18.8 Å². The van der Waals surface area contributed by atoms with Gasteiger partial charge in [-0.15, -0.1) is 0 Å². The minimum Gasteiger partial charge on any atom is -0.295 e. The third-order valence-electron chi connectivity index (χ3n) is 4.02. The molecule has 23 heavy (non-hydrogen) atoms. The van der Waals surface area contributed by atoms with Crippen LogP contribution in [0.15, 0.2) is 48.0 Å². The van der Waals surface area contributed by atoms with Gasteiger partial charge in [-0.05, 0) is 25.0 Å². The van der Waals surface area contributed by atoms with Gasteiger partial charge in [0.1, 0.15) is 0 Å². The summed E-state index contributed by atoms with van der Waals surface area (Å²) in [5.74, 6) is 0.850. The van der Waals surface area contributed by atoms with Crippen LogP contribution in [0.1, 0.15) is 12.8 Å². The lowest BCUT2D eigenvalue weighted by Gasteiger charge is -2.30. The van der Waals surface area contributed by atoms with Crippen molar-refractivity contribution >= 4 is 29.0 Å². The van der Waals surface area contributed by atoms with Gasteiger partial charge in [0, 0.05) is 32.1 Å². The number of aryl methyl sites for hydroxylation is 1. The van der Waals surface area contributed by atoms with Crippen molar-refractivity contribution in [2.24, 2.45) is 7.05 Å². The number of pyridine rings is 1. The number of hydrogen-bond acceptors (Lipinski definition) is 4. The van der Waals surface area contributed by atoms with Crippen LogP contribution in [-0.4, -0.2) is 36.9 Å². The number of imidazole rings is 1. The summed E-state index contributed by atoms with van der Waals surface area (Å²) in [7, 11) is 1.86. The fraction of sp³-hybridized carbons (Fsp3) is 0.312. The van der Waals surface area contributed by atoms with E-state index < -0.39 is 0 Å². The first-order valence-corrected chi connectivity index (χ1v) is 8.50. The molecular weight excluding hydrogens is 310 g/mol. The maximum atomic E-state index is 12.8. The fourth-order valence-electron chi connectivity index (χ4n) is 2.86. The highest BCUT2D eigenvalue weighted by Crippen LogP contribution is 2.31. The number of carbonyl (C=O) groups is 1. The van der Waals surface area contributed by atoms with Crippen molar-refractivity contribution in [3.63, 3.8) is 0 Å². The standard InChI is InChI=1S/C16H17N5OS/c1-19-10-7-14(18-19)21-9-4-6-13(15(21)22)23-16-17-11-12-5-2-3-8-20(12)16/h2-3,5,7-8,10-11,13H,4,6,9H2,1H3/t13-/m0/s1. The summed E-state index contributed by atoms with van der Waals surface area (Å²) >= 11 is 1.54. The summed E-state index contributed by atoms with van der Waals surface area (Å²) < 4.78 is 3.75. The first-order valence-electron chi connectivity index (χ1n) is 7.62. The Morgan fingerprint density at radius 3 is 3.00 bits per heavy atom. The molecule has 118 valence electrons. The quantitative estimate of drug-likeness (QED) is 0.741. The van der Waals surface area contributed by atoms with Crippen molar-refractivity contribution in [1.82, 2.24) is 19.2 Å². The average molecular weight is 327 g/mol. The highest BCUT2D eigenvalue weighted by molar-refractivity contribution is 8.00. The molecule has 1 atom stereocenters. The van der Waals surface area contributed by atoms with Crippen LogP contribution in [0.5, 0.6) is 0 Å². The second kappa shape index (κ2) is 5.73. The monoisotopic (exact) mass is 327 g/mol. The Balaban J connectivity index is 1.58. The lowest BCUT2D eigenvalue weighted by atomic mass is 10.1. The van der Waals surface area contributed by atoms with Crippen LogP contribution in [0, 0.1) is 0 Å². The van der Waals surface area contributed by atoms with E-state index in [1.807, 2.05) is 54.3 Å². The number of thioether (sulfide) groups is 1. The van der Waals surface area contributed by atoms with E-state index in [4.69, 9.17) is 0 Å². The Hall–Kier alpha value is -2.28. The average Bonchev–Trinajstić information content (AvgIpc) is 3.16. The zero-order valence-electron chi connectivity index (χ0n) is 12.8. The smallest absolute Gasteiger partial charge is 0.241 e. The lowest BCUT2D eigenvalue weighted by Crippen LogP contribution is -2.43. The van der Waals surface area contributed by atoms with E-state index in [-0.39, 0.29) is 11.2 Å².